The van der Waals surface area contributed by atoms with Crippen LogP contribution < -0.4 is 15.8 Å². The fourth-order valence-electron chi connectivity index (χ4n) is 2.65. The SMILES string of the molecule is CC(C)CCOC(=O)C1(c2ccc3c(c2)OC(N)(O)N3)CC1. The van der Waals surface area contributed by atoms with E-state index in [0.29, 0.717) is 24.0 Å². The van der Waals surface area contributed by atoms with Crippen LogP contribution in [0.4, 0.5) is 5.69 Å². The summed E-state index contributed by atoms with van der Waals surface area (Å²) in [5, 5.41) is 12.3. The van der Waals surface area contributed by atoms with Crippen molar-refractivity contribution in [2.75, 3.05) is 11.9 Å². The van der Waals surface area contributed by atoms with Crippen LogP contribution in [-0.4, -0.2) is 23.7 Å². The average Bonchev–Trinajstić information content (AvgIpc) is 3.15. The largest absolute Gasteiger partial charge is 0.465 e. The van der Waals surface area contributed by atoms with Crippen LogP contribution >= 0.6 is 0 Å². The molecule has 120 valence electrons. The normalized spacial score (nSPS) is 24.4. The molecule has 1 aliphatic heterocycles. The van der Waals surface area contributed by atoms with E-state index in [4.69, 9.17) is 15.2 Å². The van der Waals surface area contributed by atoms with E-state index in [1.165, 1.54) is 0 Å². The molecule has 6 nitrogen and oxygen atoms in total. The molecule has 0 radical (unpaired) electrons. The van der Waals surface area contributed by atoms with Gasteiger partial charge in [-0.2, -0.15) is 0 Å². The Morgan fingerprint density at radius 3 is 2.86 bits per heavy atom. The molecule has 22 heavy (non-hydrogen) atoms. The first kappa shape index (κ1) is 15.1. The Hall–Kier alpha value is -1.79. The topological polar surface area (TPSA) is 93.8 Å². The molecule has 1 fully saturated rings. The molecule has 1 heterocycles. The highest BCUT2D eigenvalue weighted by molar-refractivity contribution is 5.87. The summed E-state index contributed by atoms with van der Waals surface area (Å²) in [4.78, 5) is 12.4. The van der Waals surface area contributed by atoms with Crippen LogP contribution in [0, 0.1) is 5.92 Å². The van der Waals surface area contributed by atoms with Gasteiger partial charge in [-0.05, 0) is 42.9 Å². The third-order valence-corrected chi connectivity index (χ3v) is 4.18. The minimum Gasteiger partial charge on any atom is -0.465 e. The number of carbonyl (C=O) groups is 1. The van der Waals surface area contributed by atoms with Gasteiger partial charge in [-0.25, -0.2) is 5.73 Å². The third-order valence-electron chi connectivity index (χ3n) is 4.18. The second kappa shape index (κ2) is 5.14. The minimum absolute atomic E-state index is 0.179. The summed E-state index contributed by atoms with van der Waals surface area (Å²) in [7, 11) is 0. The zero-order chi connectivity index (χ0) is 16.0. The molecule has 6 heteroatoms. The number of hydrogen-bond acceptors (Lipinski definition) is 6. The van der Waals surface area contributed by atoms with Crippen LogP contribution in [-0.2, 0) is 14.9 Å². The first-order valence-electron chi connectivity index (χ1n) is 7.63. The van der Waals surface area contributed by atoms with Crippen molar-refractivity contribution in [1.82, 2.24) is 0 Å². The fraction of sp³-hybridized carbons (Fsp3) is 0.562. The second-order valence-corrected chi connectivity index (χ2v) is 6.53. The van der Waals surface area contributed by atoms with Crippen molar-refractivity contribution in [1.29, 1.82) is 0 Å². The molecule has 1 aliphatic carbocycles. The number of nitrogens with one attached hydrogen (secondary N) is 1. The maximum absolute atomic E-state index is 12.4. The van der Waals surface area contributed by atoms with Crippen molar-refractivity contribution in [2.24, 2.45) is 11.7 Å². The molecule has 0 saturated heterocycles. The lowest BCUT2D eigenvalue weighted by molar-refractivity contribution is -0.147. The van der Waals surface area contributed by atoms with Gasteiger partial charge in [0.1, 0.15) is 5.75 Å². The summed E-state index contributed by atoms with van der Waals surface area (Å²) in [6, 6.07) is 3.48. The molecule has 3 rings (SSSR count). The Morgan fingerprint density at radius 1 is 1.50 bits per heavy atom. The van der Waals surface area contributed by atoms with E-state index in [9.17, 15) is 9.90 Å². The van der Waals surface area contributed by atoms with Crippen molar-refractivity contribution in [3.63, 3.8) is 0 Å². The molecular weight excluding hydrogens is 284 g/mol. The number of nitrogens with two attached hydrogens (primary N) is 1. The first-order valence-corrected chi connectivity index (χ1v) is 7.63. The lowest BCUT2D eigenvalue weighted by Crippen LogP contribution is -2.49. The van der Waals surface area contributed by atoms with Gasteiger partial charge in [0, 0.05) is 0 Å². The lowest BCUT2D eigenvalue weighted by Gasteiger charge is -2.16. The van der Waals surface area contributed by atoms with Gasteiger partial charge in [0.05, 0.1) is 17.7 Å². The number of aliphatic hydroxyl groups is 1. The van der Waals surface area contributed by atoms with Gasteiger partial charge in [0.15, 0.2) is 0 Å². The van der Waals surface area contributed by atoms with E-state index in [1.54, 1.807) is 12.1 Å². The maximum atomic E-state index is 12.4. The number of esters is 1. The van der Waals surface area contributed by atoms with Gasteiger partial charge in [-0.15, -0.1) is 0 Å². The maximum Gasteiger partial charge on any atom is 0.354 e. The summed E-state index contributed by atoms with van der Waals surface area (Å²) < 4.78 is 10.6. The van der Waals surface area contributed by atoms with Crippen molar-refractivity contribution in [2.45, 2.75) is 44.6 Å². The Labute approximate surface area is 129 Å². The second-order valence-electron chi connectivity index (χ2n) is 6.53. The smallest absolute Gasteiger partial charge is 0.354 e. The molecule has 0 bridgehead atoms. The molecule has 1 aromatic carbocycles. The molecule has 0 aromatic heterocycles. The standard InChI is InChI=1S/C16H22N2O4/c1-10(2)5-8-21-14(19)15(6-7-15)11-3-4-12-13(9-11)22-16(17,20)18-12/h3-4,9-10,18,20H,5-8,17H2,1-2H3. The summed E-state index contributed by atoms with van der Waals surface area (Å²) in [6.45, 7) is 4.64. The van der Waals surface area contributed by atoms with Crippen LogP contribution in [0.5, 0.6) is 5.75 Å². The molecule has 2 aliphatic rings. The highest BCUT2D eigenvalue weighted by atomic mass is 16.7. The quantitative estimate of drug-likeness (QED) is 0.566. The fourth-order valence-corrected chi connectivity index (χ4v) is 2.65. The molecule has 1 aromatic rings. The van der Waals surface area contributed by atoms with Gasteiger partial charge >= 0.3 is 12.0 Å². The predicted molar refractivity (Wildman–Crippen MR) is 81.2 cm³/mol. The number of fused-ring (bicyclic) bond motifs is 1. The molecular formula is C16H22N2O4. The molecule has 1 unspecified atom stereocenters. The number of ether oxygens (including phenoxy) is 2. The van der Waals surface area contributed by atoms with E-state index in [0.717, 1.165) is 24.8 Å². The lowest BCUT2D eigenvalue weighted by atomic mass is 9.95. The molecule has 0 spiro atoms. The first-order chi connectivity index (χ1) is 10.3. The molecule has 1 saturated carbocycles. The van der Waals surface area contributed by atoms with Crippen LogP contribution in [0.1, 0.15) is 38.7 Å². The van der Waals surface area contributed by atoms with Crippen LogP contribution in [0.25, 0.3) is 0 Å². The van der Waals surface area contributed by atoms with Crippen LogP contribution in [0.3, 0.4) is 0 Å². The van der Waals surface area contributed by atoms with Gasteiger partial charge in [-0.1, -0.05) is 19.9 Å². The number of hydrogen-bond donors (Lipinski definition) is 3. The Morgan fingerprint density at radius 2 is 2.23 bits per heavy atom. The molecule has 4 N–H and O–H groups in total. The summed E-state index contributed by atoms with van der Waals surface area (Å²) in [5.41, 5.74) is 6.38. The van der Waals surface area contributed by atoms with E-state index < -0.39 is 11.4 Å². The van der Waals surface area contributed by atoms with Crippen molar-refractivity contribution >= 4 is 11.7 Å². The monoisotopic (exact) mass is 306 g/mol. The van der Waals surface area contributed by atoms with Crippen molar-refractivity contribution in [3.05, 3.63) is 23.8 Å². The van der Waals surface area contributed by atoms with E-state index >= 15 is 0 Å². The van der Waals surface area contributed by atoms with Gasteiger partial charge in [-0.3, -0.25) is 4.79 Å². The third kappa shape index (κ3) is 2.76. The number of anilines is 1. The zero-order valence-corrected chi connectivity index (χ0v) is 12.9. The van der Waals surface area contributed by atoms with Crippen LogP contribution in [0.15, 0.2) is 18.2 Å². The number of carbonyl (C=O) groups excluding carboxylic acids is 1. The summed E-state index contributed by atoms with van der Waals surface area (Å²) >= 11 is 0. The van der Waals surface area contributed by atoms with Crippen LogP contribution in [0.2, 0.25) is 0 Å². The Bertz CT molecular complexity index is 594. The Kier molecular flexibility index (Phi) is 3.53. The van der Waals surface area contributed by atoms with Gasteiger partial charge in [0.25, 0.3) is 0 Å². The number of benzene rings is 1. The zero-order valence-electron chi connectivity index (χ0n) is 12.9. The van der Waals surface area contributed by atoms with E-state index in [2.05, 4.69) is 19.2 Å². The Balaban J connectivity index is 1.73. The molecule has 0 amide bonds. The van der Waals surface area contributed by atoms with E-state index in [-0.39, 0.29) is 5.97 Å². The van der Waals surface area contributed by atoms with Crippen molar-refractivity contribution < 1.29 is 19.4 Å². The number of rotatable bonds is 5. The van der Waals surface area contributed by atoms with Gasteiger partial charge < -0.3 is 19.9 Å². The van der Waals surface area contributed by atoms with Gasteiger partial charge in [0.2, 0.25) is 0 Å². The average molecular weight is 306 g/mol. The highest BCUT2D eigenvalue weighted by Crippen LogP contribution is 2.51. The summed E-state index contributed by atoms with van der Waals surface area (Å²) in [6.07, 6.45) is 2.40. The predicted octanol–water partition coefficient (Wildman–Crippen LogP) is 1.67. The van der Waals surface area contributed by atoms with Crippen molar-refractivity contribution in [3.8, 4) is 5.75 Å². The highest BCUT2D eigenvalue weighted by Gasteiger charge is 2.53. The minimum atomic E-state index is -1.89. The summed E-state index contributed by atoms with van der Waals surface area (Å²) in [5.74, 6) is 0.774. The molecule has 1 atom stereocenters. The van der Waals surface area contributed by atoms with E-state index in [1.807, 2.05) is 6.07 Å².